The first-order chi connectivity index (χ1) is 9.43. The lowest BCUT2D eigenvalue weighted by Crippen LogP contribution is -2.49. The zero-order valence-electron chi connectivity index (χ0n) is 11.3. The van der Waals surface area contributed by atoms with Crippen LogP contribution in [0.25, 0.3) is 0 Å². The minimum atomic E-state index is -1.09. The molecule has 1 unspecified atom stereocenters. The second-order valence-corrected chi connectivity index (χ2v) is 4.65. The van der Waals surface area contributed by atoms with E-state index in [1.807, 2.05) is 0 Å². The fourth-order valence-corrected chi connectivity index (χ4v) is 2.06. The second-order valence-electron chi connectivity index (χ2n) is 4.65. The molecule has 0 aliphatic carbocycles. The van der Waals surface area contributed by atoms with Crippen molar-refractivity contribution in [1.82, 2.24) is 15.5 Å². The molecule has 3 N–H and O–H groups in total. The van der Waals surface area contributed by atoms with Crippen molar-refractivity contribution < 1.29 is 24.3 Å². The van der Waals surface area contributed by atoms with Gasteiger partial charge in [0.2, 0.25) is 11.8 Å². The minimum absolute atomic E-state index is 0.125. The second kappa shape index (κ2) is 7.46. The molecule has 112 valence electrons. The highest BCUT2D eigenvalue weighted by Gasteiger charge is 2.28. The van der Waals surface area contributed by atoms with Crippen LogP contribution in [-0.4, -0.2) is 54.0 Å². The number of aliphatic carboxylic acids is 1. The zero-order chi connectivity index (χ0) is 15.1. The standard InChI is InChI=1S/C12H19N3O5/c1-13-11(19)8-3-2-6-15(7-8)12(20)14-9(16)4-5-10(17)18/h8H,2-7H2,1H3,(H,13,19)(H,17,18)(H,14,16,20). The van der Waals surface area contributed by atoms with Gasteiger partial charge in [-0.25, -0.2) is 4.79 Å². The maximum Gasteiger partial charge on any atom is 0.324 e. The van der Waals surface area contributed by atoms with Crippen molar-refractivity contribution in [1.29, 1.82) is 0 Å². The average Bonchev–Trinajstić information content (AvgIpc) is 2.44. The minimum Gasteiger partial charge on any atom is -0.481 e. The molecule has 0 aromatic heterocycles. The topological polar surface area (TPSA) is 116 Å². The van der Waals surface area contributed by atoms with Gasteiger partial charge >= 0.3 is 12.0 Å². The molecule has 4 amide bonds. The molecule has 1 fully saturated rings. The summed E-state index contributed by atoms with van der Waals surface area (Å²) in [4.78, 5) is 46.5. The first-order valence-corrected chi connectivity index (χ1v) is 6.46. The first-order valence-electron chi connectivity index (χ1n) is 6.46. The third-order valence-corrected chi connectivity index (χ3v) is 3.14. The van der Waals surface area contributed by atoms with Gasteiger partial charge < -0.3 is 15.3 Å². The predicted molar refractivity (Wildman–Crippen MR) is 68.8 cm³/mol. The fraction of sp³-hybridized carbons (Fsp3) is 0.667. The molecule has 0 aromatic rings. The maximum absolute atomic E-state index is 11.8. The van der Waals surface area contributed by atoms with Crippen molar-refractivity contribution in [3.63, 3.8) is 0 Å². The molecule has 20 heavy (non-hydrogen) atoms. The fourth-order valence-electron chi connectivity index (χ4n) is 2.06. The van der Waals surface area contributed by atoms with Crippen LogP contribution in [0, 0.1) is 5.92 Å². The highest BCUT2D eigenvalue weighted by Crippen LogP contribution is 2.16. The summed E-state index contributed by atoms with van der Waals surface area (Å²) in [6.07, 6.45) is 0.832. The van der Waals surface area contributed by atoms with Crippen molar-refractivity contribution in [2.75, 3.05) is 20.1 Å². The Bertz CT molecular complexity index is 410. The molecule has 8 nitrogen and oxygen atoms in total. The van der Waals surface area contributed by atoms with E-state index in [-0.39, 0.29) is 31.2 Å². The van der Waals surface area contributed by atoms with Gasteiger partial charge in [-0.15, -0.1) is 0 Å². The largest absolute Gasteiger partial charge is 0.481 e. The van der Waals surface area contributed by atoms with Gasteiger partial charge in [0.1, 0.15) is 0 Å². The van der Waals surface area contributed by atoms with Crippen LogP contribution < -0.4 is 10.6 Å². The lowest BCUT2D eigenvalue weighted by molar-refractivity contribution is -0.138. The molecule has 1 aliphatic heterocycles. The number of nitrogens with zero attached hydrogens (tertiary/aromatic N) is 1. The molecule has 1 rings (SSSR count). The molecule has 1 heterocycles. The Morgan fingerprint density at radius 3 is 2.55 bits per heavy atom. The summed E-state index contributed by atoms with van der Waals surface area (Å²) < 4.78 is 0. The number of hydrogen-bond donors (Lipinski definition) is 3. The van der Waals surface area contributed by atoms with Gasteiger partial charge in [-0.3, -0.25) is 19.7 Å². The smallest absolute Gasteiger partial charge is 0.324 e. The van der Waals surface area contributed by atoms with Gasteiger partial charge in [0.25, 0.3) is 0 Å². The van der Waals surface area contributed by atoms with E-state index in [2.05, 4.69) is 10.6 Å². The van der Waals surface area contributed by atoms with Gasteiger partial charge in [0, 0.05) is 26.6 Å². The summed E-state index contributed by atoms with van der Waals surface area (Å²) in [7, 11) is 1.54. The maximum atomic E-state index is 11.8. The van der Waals surface area contributed by atoms with Crippen LogP contribution in [0.4, 0.5) is 4.79 Å². The Morgan fingerprint density at radius 2 is 1.95 bits per heavy atom. The van der Waals surface area contributed by atoms with Crippen molar-refractivity contribution in [3.05, 3.63) is 0 Å². The van der Waals surface area contributed by atoms with Gasteiger partial charge in [-0.05, 0) is 12.8 Å². The summed E-state index contributed by atoms with van der Waals surface area (Å²) in [5.41, 5.74) is 0. The van der Waals surface area contributed by atoms with Crippen LogP contribution in [0.5, 0.6) is 0 Å². The first kappa shape index (κ1) is 15.9. The molecular formula is C12H19N3O5. The van der Waals surface area contributed by atoms with E-state index in [1.165, 1.54) is 11.9 Å². The van der Waals surface area contributed by atoms with Crippen LogP contribution in [0.2, 0.25) is 0 Å². The molecule has 0 bridgehead atoms. The zero-order valence-corrected chi connectivity index (χ0v) is 11.3. The Kier molecular flexibility index (Phi) is 5.95. The Hall–Kier alpha value is -2.12. The number of hydrogen-bond acceptors (Lipinski definition) is 4. The summed E-state index contributed by atoms with van der Waals surface area (Å²) >= 11 is 0. The van der Waals surface area contributed by atoms with E-state index in [9.17, 15) is 19.2 Å². The highest BCUT2D eigenvalue weighted by atomic mass is 16.4. The van der Waals surface area contributed by atoms with Gasteiger partial charge in [-0.2, -0.15) is 0 Å². The lowest BCUT2D eigenvalue weighted by Gasteiger charge is -2.31. The number of imide groups is 1. The van der Waals surface area contributed by atoms with Crippen molar-refractivity contribution in [3.8, 4) is 0 Å². The predicted octanol–water partition coefficient (Wildman–Crippen LogP) is -0.455. The van der Waals surface area contributed by atoms with Crippen molar-refractivity contribution >= 4 is 23.8 Å². The van der Waals surface area contributed by atoms with E-state index in [0.717, 1.165) is 0 Å². The highest BCUT2D eigenvalue weighted by molar-refractivity contribution is 5.95. The van der Waals surface area contributed by atoms with E-state index >= 15 is 0 Å². The molecule has 8 heteroatoms. The number of carbonyl (C=O) groups excluding carboxylic acids is 3. The Morgan fingerprint density at radius 1 is 1.25 bits per heavy atom. The van der Waals surface area contributed by atoms with Gasteiger partial charge in [0.05, 0.1) is 12.3 Å². The van der Waals surface area contributed by atoms with E-state index in [1.54, 1.807) is 0 Å². The van der Waals surface area contributed by atoms with Crippen LogP contribution in [0.1, 0.15) is 25.7 Å². The summed E-state index contributed by atoms with van der Waals surface area (Å²) in [5.74, 6) is -2.11. The third kappa shape index (κ3) is 4.87. The number of amides is 4. The molecule has 1 aliphatic rings. The average molecular weight is 285 g/mol. The molecule has 0 spiro atoms. The molecule has 1 saturated heterocycles. The summed E-state index contributed by atoms with van der Waals surface area (Å²) in [5, 5.41) is 13.1. The molecule has 0 saturated carbocycles. The van der Waals surface area contributed by atoms with Crippen molar-refractivity contribution in [2.45, 2.75) is 25.7 Å². The Labute approximate surface area is 116 Å². The normalized spacial score (nSPS) is 18.2. The van der Waals surface area contributed by atoms with Crippen LogP contribution in [0.15, 0.2) is 0 Å². The number of rotatable bonds is 4. The number of carboxylic acids is 1. The number of carbonyl (C=O) groups is 4. The van der Waals surface area contributed by atoms with Crippen LogP contribution >= 0.6 is 0 Å². The van der Waals surface area contributed by atoms with Gasteiger partial charge in [0.15, 0.2) is 0 Å². The third-order valence-electron chi connectivity index (χ3n) is 3.14. The monoisotopic (exact) mass is 285 g/mol. The number of carboxylic acid groups (broad SMARTS) is 1. The molecule has 0 aromatic carbocycles. The Balaban J connectivity index is 2.44. The van der Waals surface area contributed by atoms with Gasteiger partial charge in [-0.1, -0.05) is 0 Å². The van der Waals surface area contributed by atoms with E-state index < -0.39 is 17.9 Å². The summed E-state index contributed by atoms with van der Waals surface area (Å²) in [6, 6.07) is -0.575. The molecular weight excluding hydrogens is 266 g/mol. The van der Waals surface area contributed by atoms with Crippen molar-refractivity contribution in [2.24, 2.45) is 5.92 Å². The number of likely N-dealkylation sites (tertiary alicyclic amines) is 1. The van der Waals surface area contributed by atoms with Crippen LogP contribution in [0.3, 0.4) is 0 Å². The lowest BCUT2D eigenvalue weighted by atomic mass is 9.97. The number of piperidine rings is 1. The quantitative estimate of drug-likeness (QED) is 0.646. The van der Waals surface area contributed by atoms with E-state index in [4.69, 9.17) is 5.11 Å². The SMILES string of the molecule is CNC(=O)C1CCCN(C(=O)NC(=O)CCC(=O)O)C1. The summed E-state index contributed by atoms with van der Waals surface area (Å²) in [6.45, 7) is 0.739. The van der Waals surface area contributed by atoms with E-state index in [0.29, 0.717) is 19.4 Å². The number of nitrogens with one attached hydrogen (secondary N) is 2. The number of urea groups is 1. The molecule has 0 radical (unpaired) electrons. The van der Waals surface area contributed by atoms with Crippen LogP contribution in [-0.2, 0) is 14.4 Å². The molecule has 1 atom stereocenters.